The highest BCUT2D eigenvalue weighted by Crippen LogP contribution is 2.45. The number of nitrogens with one attached hydrogen (secondary N) is 1. The lowest BCUT2D eigenvalue weighted by molar-refractivity contribution is -0.135. The molecule has 1 saturated heterocycles. The summed E-state index contributed by atoms with van der Waals surface area (Å²) in [5, 5.41) is 3.81. The summed E-state index contributed by atoms with van der Waals surface area (Å²) in [6.45, 7) is 0. The third-order valence-corrected chi connectivity index (χ3v) is 6.44. The minimum atomic E-state index is 0.107. The van der Waals surface area contributed by atoms with E-state index in [4.69, 9.17) is 0 Å². The van der Waals surface area contributed by atoms with Gasteiger partial charge in [0.05, 0.1) is 0 Å². The predicted octanol–water partition coefficient (Wildman–Crippen LogP) is 5.58. The Morgan fingerprint density at radius 1 is 0.750 bits per heavy atom. The molecule has 1 heterocycles. The lowest BCUT2D eigenvalue weighted by Crippen LogP contribution is -2.50. The van der Waals surface area contributed by atoms with Crippen LogP contribution in [0.5, 0.6) is 0 Å². The summed E-state index contributed by atoms with van der Waals surface area (Å²) in [6, 6.07) is 17.0. The number of carbonyl (C=O) groups is 1. The highest BCUT2D eigenvalue weighted by molar-refractivity contribution is 9.10. The molecule has 0 spiro atoms. The summed E-state index contributed by atoms with van der Waals surface area (Å²) in [5.74, 6) is 0.661. The van der Waals surface area contributed by atoms with E-state index in [2.05, 4.69) is 85.7 Å². The Morgan fingerprint density at radius 3 is 1.58 bits per heavy atom. The van der Waals surface area contributed by atoms with Crippen molar-refractivity contribution in [3.05, 3.63) is 68.6 Å². The van der Waals surface area contributed by atoms with Crippen molar-refractivity contribution in [2.75, 3.05) is 0 Å². The van der Waals surface area contributed by atoms with Gasteiger partial charge in [-0.15, -0.1) is 0 Å². The molecule has 1 N–H and O–H groups in total. The number of halogens is 2. The molecular formula is C20H19Br2NO. The zero-order valence-electron chi connectivity index (χ0n) is 13.2. The number of Topliss-reactive ketones (excluding diaryl/α,β-unsaturated/α-hetero) is 1. The average molecular weight is 449 g/mol. The molecule has 24 heavy (non-hydrogen) atoms. The van der Waals surface area contributed by atoms with Gasteiger partial charge in [0.1, 0.15) is 5.78 Å². The van der Waals surface area contributed by atoms with Crippen molar-refractivity contribution in [3.8, 4) is 0 Å². The Balaban J connectivity index is 1.71. The second kappa shape index (κ2) is 6.74. The van der Waals surface area contributed by atoms with Crippen LogP contribution in [0.2, 0.25) is 0 Å². The summed E-state index contributed by atoms with van der Waals surface area (Å²) >= 11 is 7.00. The summed E-state index contributed by atoms with van der Waals surface area (Å²) in [5.41, 5.74) is 2.41. The van der Waals surface area contributed by atoms with Gasteiger partial charge in [0, 0.05) is 32.9 Å². The number of hydrogen-bond acceptors (Lipinski definition) is 2. The minimum absolute atomic E-state index is 0.107. The molecule has 2 aromatic rings. The summed E-state index contributed by atoms with van der Waals surface area (Å²) in [7, 11) is 0. The van der Waals surface area contributed by atoms with Crippen LogP contribution in [0, 0.1) is 11.8 Å². The molecule has 1 saturated carbocycles. The van der Waals surface area contributed by atoms with Crippen LogP contribution in [-0.2, 0) is 4.79 Å². The van der Waals surface area contributed by atoms with E-state index in [1.807, 2.05) is 0 Å². The summed E-state index contributed by atoms with van der Waals surface area (Å²) in [4.78, 5) is 13.1. The molecule has 0 unspecified atom stereocenters. The van der Waals surface area contributed by atoms with Gasteiger partial charge in [-0.25, -0.2) is 0 Å². The second-order valence-corrected chi connectivity index (χ2v) is 8.60. The Hall–Kier alpha value is -0.970. The van der Waals surface area contributed by atoms with E-state index in [0.717, 1.165) is 28.2 Å². The van der Waals surface area contributed by atoms with Crippen LogP contribution in [0.25, 0.3) is 0 Å². The van der Waals surface area contributed by atoms with Gasteiger partial charge in [0.25, 0.3) is 0 Å². The average Bonchev–Trinajstić information content (AvgIpc) is 2.57. The number of hydrogen-bond donors (Lipinski definition) is 1. The molecule has 2 aliphatic rings. The Bertz CT molecular complexity index is 680. The maximum absolute atomic E-state index is 13.1. The normalized spacial score (nSPS) is 29.5. The zero-order valence-corrected chi connectivity index (χ0v) is 16.4. The molecule has 2 fully saturated rings. The number of rotatable bonds is 2. The van der Waals surface area contributed by atoms with Crippen LogP contribution in [0.1, 0.15) is 42.5 Å². The van der Waals surface area contributed by atoms with Gasteiger partial charge in [0.2, 0.25) is 0 Å². The molecule has 2 nitrogen and oxygen atoms in total. The van der Waals surface area contributed by atoms with Gasteiger partial charge in [-0.3, -0.25) is 4.79 Å². The van der Waals surface area contributed by atoms with Crippen molar-refractivity contribution >= 4 is 37.6 Å². The van der Waals surface area contributed by atoms with Crippen LogP contribution >= 0.6 is 31.9 Å². The molecular weight excluding hydrogens is 430 g/mol. The molecule has 1 aliphatic carbocycles. The first-order valence-electron chi connectivity index (χ1n) is 8.44. The van der Waals surface area contributed by atoms with Gasteiger partial charge in [-0.1, -0.05) is 62.5 Å². The Morgan fingerprint density at radius 2 is 1.17 bits per heavy atom. The quantitative estimate of drug-likeness (QED) is 0.649. The van der Waals surface area contributed by atoms with Crippen molar-refractivity contribution in [3.63, 3.8) is 0 Å². The third kappa shape index (κ3) is 3.00. The highest BCUT2D eigenvalue weighted by atomic mass is 79.9. The van der Waals surface area contributed by atoms with Crippen LogP contribution in [0.15, 0.2) is 57.5 Å². The first-order chi connectivity index (χ1) is 11.6. The van der Waals surface area contributed by atoms with Crippen LogP contribution < -0.4 is 5.32 Å². The largest absolute Gasteiger partial charge is 0.302 e. The van der Waals surface area contributed by atoms with Crippen molar-refractivity contribution in [1.82, 2.24) is 5.32 Å². The molecule has 0 radical (unpaired) electrons. The molecule has 124 valence electrons. The van der Waals surface area contributed by atoms with Gasteiger partial charge < -0.3 is 5.32 Å². The molecule has 0 amide bonds. The van der Waals surface area contributed by atoms with Crippen molar-refractivity contribution in [1.29, 1.82) is 0 Å². The van der Waals surface area contributed by atoms with Crippen LogP contribution in [-0.4, -0.2) is 5.78 Å². The summed E-state index contributed by atoms with van der Waals surface area (Å²) < 4.78 is 2.14. The Kier molecular flexibility index (Phi) is 4.63. The van der Waals surface area contributed by atoms with E-state index in [-0.39, 0.29) is 23.9 Å². The number of fused-ring (bicyclic) bond motifs is 2. The van der Waals surface area contributed by atoms with Crippen LogP contribution in [0.4, 0.5) is 0 Å². The van der Waals surface area contributed by atoms with E-state index in [1.54, 1.807) is 0 Å². The molecule has 2 bridgehead atoms. The lowest BCUT2D eigenvalue weighted by Gasteiger charge is -2.45. The first kappa shape index (κ1) is 16.5. The van der Waals surface area contributed by atoms with Crippen molar-refractivity contribution in [2.24, 2.45) is 11.8 Å². The minimum Gasteiger partial charge on any atom is -0.302 e. The van der Waals surface area contributed by atoms with E-state index >= 15 is 0 Å². The van der Waals surface area contributed by atoms with Crippen molar-refractivity contribution < 1.29 is 4.79 Å². The number of ketones is 1. The maximum atomic E-state index is 13.1. The molecule has 4 atom stereocenters. The van der Waals surface area contributed by atoms with Gasteiger partial charge >= 0.3 is 0 Å². The molecule has 1 aliphatic heterocycles. The van der Waals surface area contributed by atoms with Gasteiger partial charge in [-0.2, -0.15) is 0 Å². The number of piperidine rings is 1. The molecule has 0 aromatic heterocycles. The standard InChI is InChI=1S/C20H19Br2NO/c21-14-8-4-12(5-9-14)18-16-2-1-3-17(20(16)24)19(23-18)13-6-10-15(22)11-7-13/h4-11,16-19,23H,1-3H2/t16-,17-,18-,19-/m0/s1. The fourth-order valence-corrected chi connectivity index (χ4v) is 4.73. The predicted molar refractivity (Wildman–Crippen MR) is 103 cm³/mol. The molecule has 2 aromatic carbocycles. The SMILES string of the molecule is O=C1[C@H]2CCC[C@H]1[C@H](c1ccc(Br)cc1)N[C@H]2c1ccc(Br)cc1. The second-order valence-electron chi connectivity index (χ2n) is 6.77. The summed E-state index contributed by atoms with van der Waals surface area (Å²) in [6.07, 6.45) is 3.13. The van der Waals surface area contributed by atoms with E-state index in [9.17, 15) is 4.79 Å². The monoisotopic (exact) mass is 447 g/mol. The smallest absolute Gasteiger partial charge is 0.142 e. The maximum Gasteiger partial charge on any atom is 0.142 e. The molecule has 4 heteroatoms. The third-order valence-electron chi connectivity index (χ3n) is 5.38. The van der Waals surface area contributed by atoms with E-state index in [1.165, 1.54) is 11.1 Å². The topological polar surface area (TPSA) is 29.1 Å². The fraction of sp³-hybridized carbons (Fsp3) is 0.350. The number of benzene rings is 2. The number of carbonyl (C=O) groups excluding carboxylic acids is 1. The van der Waals surface area contributed by atoms with E-state index < -0.39 is 0 Å². The van der Waals surface area contributed by atoms with Crippen LogP contribution in [0.3, 0.4) is 0 Å². The van der Waals surface area contributed by atoms with Gasteiger partial charge in [0.15, 0.2) is 0 Å². The first-order valence-corrected chi connectivity index (χ1v) is 10.0. The highest BCUT2D eigenvalue weighted by Gasteiger charge is 2.46. The zero-order chi connectivity index (χ0) is 16.7. The van der Waals surface area contributed by atoms with Crippen molar-refractivity contribution in [2.45, 2.75) is 31.3 Å². The Labute approximate surface area is 159 Å². The fourth-order valence-electron chi connectivity index (χ4n) is 4.20. The van der Waals surface area contributed by atoms with E-state index in [0.29, 0.717) is 5.78 Å². The molecule has 4 rings (SSSR count). The lowest BCUT2D eigenvalue weighted by atomic mass is 9.67. The van der Waals surface area contributed by atoms with Gasteiger partial charge in [-0.05, 0) is 48.2 Å².